The van der Waals surface area contributed by atoms with Crippen molar-refractivity contribution in [1.82, 2.24) is 15.2 Å². The molecule has 4 nitrogen and oxygen atoms in total. The molecule has 1 aromatic heterocycles. The summed E-state index contributed by atoms with van der Waals surface area (Å²) >= 11 is 0. The number of carbonyl (C=O) groups excluding carboxylic acids is 1. The van der Waals surface area contributed by atoms with E-state index >= 15 is 0 Å². The van der Waals surface area contributed by atoms with Crippen molar-refractivity contribution in [2.24, 2.45) is 0 Å². The van der Waals surface area contributed by atoms with E-state index in [9.17, 15) is 4.79 Å². The highest BCUT2D eigenvalue weighted by Crippen LogP contribution is 2.22. The van der Waals surface area contributed by atoms with Crippen LogP contribution in [-0.2, 0) is 17.6 Å². The fraction of sp³-hybridized carbons (Fsp3) is 0.240. The lowest BCUT2D eigenvalue weighted by Crippen LogP contribution is -2.56. The number of H-pyrrole nitrogens is 1. The van der Waals surface area contributed by atoms with Crippen LogP contribution in [0.2, 0.25) is 0 Å². The zero-order chi connectivity index (χ0) is 19.6. The molecule has 0 bridgehead atoms. The first-order valence-corrected chi connectivity index (χ1v) is 10.3. The third kappa shape index (κ3) is 3.52. The number of benzene rings is 3. The first-order valence-electron chi connectivity index (χ1n) is 10.3. The third-order valence-corrected chi connectivity index (χ3v) is 6.01. The van der Waals surface area contributed by atoms with Crippen LogP contribution in [-0.4, -0.2) is 41.5 Å². The number of carbonyl (C=O) groups is 1. The largest absolute Gasteiger partial charge is 0.361 e. The Morgan fingerprint density at radius 2 is 1.69 bits per heavy atom. The van der Waals surface area contributed by atoms with Gasteiger partial charge >= 0.3 is 0 Å². The van der Waals surface area contributed by atoms with Crippen molar-refractivity contribution in [1.29, 1.82) is 0 Å². The lowest BCUT2D eigenvalue weighted by molar-refractivity contribution is -0.135. The Labute approximate surface area is 170 Å². The molecule has 1 aliphatic rings. The molecule has 4 heteroatoms. The second kappa shape index (κ2) is 7.72. The molecule has 0 unspecified atom stereocenters. The van der Waals surface area contributed by atoms with Gasteiger partial charge in [-0.2, -0.15) is 0 Å². The van der Waals surface area contributed by atoms with Gasteiger partial charge in [0.05, 0.1) is 6.04 Å². The second-order valence-electron chi connectivity index (χ2n) is 7.78. The molecule has 1 amide bonds. The summed E-state index contributed by atoms with van der Waals surface area (Å²) in [4.78, 5) is 18.5. The van der Waals surface area contributed by atoms with Crippen LogP contribution >= 0.6 is 0 Å². The van der Waals surface area contributed by atoms with E-state index in [-0.39, 0.29) is 11.9 Å². The van der Waals surface area contributed by atoms with E-state index in [0.29, 0.717) is 6.42 Å². The normalized spacial score (nSPS) is 17.3. The van der Waals surface area contributed by atoms with Gasteiger partial charge in [0.15, 0.2) is 0 Å². The van der Waals surface area contributed by atoms with E-state index in [1.54, 1.807) is 0 Å². The lowest BCUT2D eigenvalue weighted by atomic mass is 10.0. The SMILES string of the molecule is O=C1[C@@H](Cc2c[nH]c3ccccc23)NCCN1CCc1cccc2ccccc12. The van der Waals surface area contributed by atoms with Crippen LogP contribution in [0.5, 0.6) is 0 Å². The number of amides is 1. The number of aromatic amines is 1. The molecule has 4 aromatic rings. The van der Waals surface area contributed by atoms with Gasteiger partial charge in [-0.3, -0.25) is 4.79 Å². The van der Waals surface area contributed by atoms with E-state index < -0.39 is 0 Å². The van der Waals surface area contributed by atoms with E-state index in [2.05, 4.69) is 64.9 Å². The Bertz CT molecular complexity index is 1160. The summed E-state index contributed by atoms with van der Waals surface area (Å²) in [6, 6.07) is 23.0. The highest BCUT2D eigenvalue weighted by molar-refractivity contribution is 5.87. The summed E-state index contributed by atoms with van der Waals surface area (Å²) in [6.45, 7) is 2.38. The van der Waals surface area contributed by atoms with Crippen molar-refractivity contribution in [3.05, 3.63) is 84.1 Å². The van der Waals surface area contributed by atoms with Crippen LogP contribution in [0.1, 0.15) is 11.1 Å². The van der Waals surface area contributed by atoms with Crippen molar-refractivity contribution in [3.63, 3.8) is 0 Å². The van der Waals surface area contributed by atoms with Gasteiger partial charge in [0.2, 0.25) is 5.91 Å². The summed E-state index contributed by atoms with van der Waals surface area (Å²) in [5.41, 5.74) is 3.63. The number of hydrogen-bond donors (Lipinski definition) is 2. The smallest absolute Gasteiger partial charge is 0.240 e. The summed E-state index contributed by atoms with van der Waals surface area (Å²) in [6.07, 6.45) is 3.63. The van der Waals surface area contributed by atoms with Crippen molar-refractivity contribution in [2.75, 3.05) is 19.6 Å². The fourth-order valence-corrected chi connectivity index (χ4v) is 4.46. The molecule has 0 spiro atoms. The van der Waals surface area contributed by atoms with Gasteiger partial charge in [0.25, 0.3) is 0 Å². The van der Waals surface area contributed by atoms with Crippen LogP contribution in [0, 0.1) is 0 Å². The maximum atomic E-state index is 13.1. The van der Waals surface area contributed by atoms with E-state index in [0.717, 1.165) is 31.6 Å². The molecule has 0 radical (unpaired) electrons. The van der Waals surface area contributed by atoms with Crippen LogP contribution < -0.4 is 5.32 Å². The number of rotatable bonds is 5. The molecule has 1 fully saturated rings. The van der Waals surface area contributed by atoms with Crippen LogP contribution in [0.4, 0.5) is 0 Å². The van der Waals surface area contributed by atoms with Crippen LogP contribution in [0.15, 0.2) is 72.9 Å². The molecule has 3 aromatic carbocycles. The Kier molecular flexibility index (Phi) is 4.78. The van der Waals surface area contributed by atoms with Crippen LogP contribution in [0.25, 0.3) is 21.7 Å². The second-order valence-corrected chi connectivity index (χ2v) is 7.78. The molecule has 2 N–H and O–H groups in total. The number of nitrogens with zero attached hydrogens (tertiary/aromatic N) is 1. The predicted octanol–water partition coefficient (Wildman–Crippen LogP) is 3.91. The summed E-state index contributed by atoms with van der Waals surface area (Å²) in [5.74, 6) is 0.210. The highest BCUT2D eigenvalue weighted by atomic mass is 16.2. The van der Waals surface area contributed by atoms with E-state index in [4.69, 9.17) is 0 Å². The maximum absolute atomic E-state index is 13.1. The molecule has 0 saturated carbocycles. The average molecular weight is 383 g/mol. The topological polar surface area (TPSA) is 48.1 Å². The number of fused-ring (bicyclic) bond motifs is 2. The molecular formula is C25H25N3O. The lowest BCUT2D eigenvalue weighted by Gasteiger charge is -2.33. The Morgan fingerprint density at radius 3 is 2.62 bits per heavy atom. The molecule has 1 atom stereocenters. The molecule has 29 heavy (non-hydrogen) atoms. The monoisotopic (exact) mass is 383 g/mol. The maximum Gasteiger partial charge on any atom is 0.240 e. The van der Waals surface area contributed by atoms with E-state index in [1.165, 1.54) is 27.3 Å². The zero-order valence-electron chi connectivity index (χ0n) is 16.4. The molecular weight excluding hydrogens is 358 g/mol. The van der Waals surface area contributed by atoms with Gasteiger partial charge in [-0.05, 0) is 40.8 Å². The van der Waals surface area contributed by atoms with E-state index in [1.807, 2.05) is 23.2 Å². The zero-order valence-corrected chi connectivity index (χ0v) is 16.4. The van der Waals surface area contributed by atoms with Crippen LogP contribution in [0.3, 0.4) is 0 Å². The van der Waals surface area contributed by atoms with Gasteiger partial charge in [0.1, 0.15) is 0 Å². The molecule has 146 valence electrons. The molecule has 1 aliphatic heterocycles. The Hall–Kier alpha value is -3.11. The third-order valence-electron chi connectivity index (χ3n) is 6.01. The summed E-state index contributed by atoms with van der Waals surface area (Å²) < 4.78 is 0. The standard InChI is InChI=1S/C25H25N3O/c29-25-24(16-20-17-27-23-11-4-3-10-22(20)23)26-13-15-28(25)14-12-19-8-5-7-18-6-1-2-9-21(18)19/h1-11,17,24,26-27H,12-16H2/t24-/m1/s1. The van der Waals surface area contributed by atoms with Gasteiger partial charge in [-0.15, -0.1) is 0 Å². The number of nitrogens with one attached hydrogen (secondary N) is 2. The fourth-order valence-electron chi connectivity index (χ4n) is 4.46. The summed E-state index contributed by atoms with van der Waals surface area (Å²) in [5, 5.41) is 7.17. The molecule has 0 aliphatic carbocycles. The predicted molar refractivity (Wildman–Crippen MR) is 118 cm³/mol. The van der Waals surface area contributed by atoms with Gasteiger partial charge in [-0.1, -0.05) is 60.7 Å². The van der Waals surface area contributed by atoms with Gasteiger partial charge in [0, 0.05) is 36.7 Å². The first kappa shape index (κ1) is 18.0. The van der Waals surface area contributed by atoms with Crippen molar-refractivity contribution in [3.8, 4) is 0 Å². The first-order chi connectivity index (χ1) is 14.3. The Balaban J connectivity index is 1.29. The Morgan fingerprint density at radius 1 is 0.897 bits per heavy atom. The molecule has 5 rings (SSSR count). The quantitative estimate of drug-likeness (QED) is 0.549. The number of para-hydroxylation sites is 1. The summed E-state index contributed by atoms with van der Waals surface area (Å²) in [7, 11) is 0. The average Bonchev–Trinajstić information content (AvgIpc) is 3.17. The minimum absolute atomic E-state index is 0.157. The molecule has 1 saturated heterocycles. The van der Waals surface area contributed by atoms with Crippen molar-refractivity contribution >= 4 is 27.6 Å². The number of hydrogen-bond acceptors (Lipinski definition) is 2. The number of piperazine rings is 1. The molecule has 2 heterocycles. The minimum Gasteiger partial charge on any atom is -0.361 e. The van der Waals surface area contributed by atoms with Gasteiger partial charge < -0.3 is 15.2 Å². The van der Waals surface area contributed by atoms with Crippen molar-refractivity contribution < 1.29 is 4.79 Å². The van der Waals surface area contributed by atoms with Crippen molar-refractivity contribution in [2.45, 2.75) is 18.9 Å². The highest BCUT2D eigenvalue weighted by Gasteiger charge is 2.28. The van der Waals surface area contributed by atoms with Gasteiger partial charge in [-0.25, -0.2) is 0 Å². The number of aromatic nitrogens is 1. The minimum atomic E-state index is -0.157.